The summed E-state index contributed by atoms with van der Waals surface area (Å²) in [5, 5.41) is 5.31. The topological polar surface area (TPSA) is 38.3 Å². The van der Waals surface area contributed by atoms with Gasteiger partial charge in [-0.05, 0) is 55.3 Å². The van der Waals surface area contributed by atoms with Crippen molar-refractivity contribution in [2.75, 3.05) is 11.9 Å². The quantitative estimate of drug-likeness (QED) is 0.494. The molecule has 0 aliphatic carbocycles. The number of ether oxygens (including phenoxy) is 1. The van der Waals surface area contributed by atoms with Gasteiger partial charge in [0.05, 0.1) is 6.61 Å². The van der Waals surface area contributed by atoms with E-state index in [9.17, 15) is 4.79 Å². The van der Waals surface area contributed by atoms with Crippen LogP contribution in [0.25, 0.3) is 10.8 Å². The highest BCUT2D eigenvalue weighted by Gasteiger charge is 2.27. The van der Waals surface area contributed by atoms with Crippen molar-refractivity contribution in [2.24, 2.45) is 5.41 Å². The fourth-order valence-electron chi connectivity index (χ4n) is 3.30. The lowest BCUT2D eigenvalue weighted by Gasteiger charge is -2.24. The van der Waals surface area contributed by atoms with Crippen molar-refractivity contribution in [3.63, 3.8) is 0 Å². The standard InChI is InChI=1S/C25H29NO2/c1-18-13-14-19(2)23(17-18)28-16-8-15-25(3,4)24(27)26-22-12-7-10-20-9-5-6-11-21(20)22/h5-7,9-14,17H,8,15-16H2,1-4H3,(H,26,27). The third-order valence-corrected chi connectivity index (χ3v) is 5.20. The average Bonchev–Trinajstić information content (AvgIpc) is 2.68. The minimum absolute atomic E-state index is 0.0376. The van der Waals surface area contributed by atoms with E-state index in [1.165, 1.54) is 5.56 Å². The lowest BCUT2D eigenvalue weighted by Crippen LogP contribution is -2.31. The molecule has 0 unspecified atom stereocenters. The van der Waals surface area contributed by atoms with E-state index in [0.717, 1.165) is 40.6 Å². The number of hydrogen-bond acceptors (Lipinski definition) is 2. The van der Waals surface area contributed by atoms with Crippen molar-refractivity contribution in [3.8, 4) is 5.75 Å². The summed E-state index contributed by atoms with van der Waals surface area (Å²) in [5.41, 5.74) is 2.72. The van der Waals surface area contributed by atoms with E-state index in [1.54, 1.807) is 0 Å². The Morgan fingerprint density at radius 3 is 2.57 bits per heavy atom. The normalized spacial score (nSPS) is 11.4. The molecule has 0 heterocycles. The van der Waals surface area contributed by atoms with Gasteiger partial charge in [0, 0.05) is 16.5 Å². The third kappa shape index (κ3) is 4.72. The number of aryl methyl sites for hydroxylation is 2. The molecule has 0 fully saturated rings. The molecule has 28 heavy (non-hydrogen) atoms. The largest absolute Gasteiger partial charge is 0.493 e. The van der Waals surface area contributed by atoms with E-state index in [-0.39, 0.29) is 5.91 Å². The Kier molecular flexibility index (Phi) is 6.03. The number of benzene rings is 3. The molecule has 0 spiro atoms. The van der Waals surface area contributed by atoms with Crippen LogP contribution < -0.4 is 10.1 Å². The van der Waals surface area contributed by atoms with Crippen LogP contribution in [0.1, 0.15) is 37.8 Å². The predicted octanol–water partition coefficient (Wildman–Crippen LogP) is 6.28. The molecule has 0 saturated carbocycles. The van der Waals surface area contributed by atoms with E-state index in [1.807, 2.05) is 44.2 Å². The first-order valence-electron chi connectivity index (χ1n) is 9.86. The molecule has 3 rings (SSSR count). The summed E-state index contributed by atoms with van der Waals surface area (Å²) in [7, 11) is 0. The van der Waals surface area contributed by atoms with Crippen molar-refractivity contribution in [1.29, 1.82) is 0 Å². The smallest absolute Gasteiger partial charge is 0.230 e. The van der Waals surface area contributed by atoms with Gasteiger partial charge < -0.3 is 10.1 Å². The van der Waals surface area contributed by atoms with Crippen molar-refractivity contribution in [3.05, 3.63) is 71.8 Å². The van der Waals surface area contributed by atoms with Gasteiger partial charge in [-0.2, -0.15) is 0 Å². The fraction of sp³-hybridized carbons (Fsp3) is 0.320. The summed E-state index contributed by atoms with van der Waals surface area (Å²) in [6.07, 6.45) is 1.58. The Morgan fingerprint density at radius 1 is 1.00 bits per heavy atom. The number of nitrogens with one attached hydrogen (secondary N) is 1. The van der Waals surface area contributed by atoms with E-state index in [2.05, 4.69) is 49.5 Å². The van der Waals surface area contributed by atoms with Gasteiger partial charge in [-0.1, -0.05) is 62.4 Å². The number of fused-ring (bicyclic) bond motifs is 1. The van der Waals surface area contributed by atoms with Crippen LogP contribution in [0.2, 0.25) is 0 Å². The highest BCUT2D eigenvalue weighted by atomic mass is 16.5. The maximum absolute atomic E-state index is 12.9. The van der Waals surface area contributed by atoms with Crippen LogP contribution in [-0.2, 0) is 4.79 Å². The minimum atomic E-state index is -0.470. The van der Waals surface area contributed by atoms with Gasteiger partial charge in [0.2, 0.25) is 5.91 Å². The highest BCUT2D eigenvalue weighted by molar-refractivity contribution is 6.03. The van der Waals surface area contributed by atoms with Crippen molar-refractivity contribution >= 4 is 22.4 Å². The van der Waals surface area contributed by atoms with E-state index in [0.29, 0.717) is 6.61 Å². The van der Waals surface area contributed by atoms with Gasteiger partial charge in [-0.3, -0.25) is 4.79 Å². The molecule has 0 aliphatic rings. The average molecular weight is 376 g/mol. The fourth-order valence-corrected chi connectivity index (χ4v) is 3.30. The maximum Gasteiger partial charge on any atom is 0.230 e. The molecule has 3 heteroatoms. The van der Waals surface area contributed by atoms with Crippen LogP contribution in [0.15, 0.2) is 60.7 Å². The molecule has 0 radical (unpaired) electrons. The molecular formula is C25H29NO2. The van der Waals surface area contributed by atoms with Crippen molar-refractivity contribution in [1.82, 2.24) is 0 Å². The van der Waals surface area contributed by atoms with Crippen molar-refractivity contribution < 1.29 is 9.53 Å². The second-order valence-electron chi connectivity index (χ2n) is 8.09. The Bertz CT molecular complexity index is 970. The molecule has 3 nitrogen and oxygen atoms in total. The van der Waals surface area contributed by atoms with E-state index >= 15 is 0 Å². The van der Waals surface area contributed by atoms with Gasteiger partial charge in [0.1, 0.15) is 5.75 Å². The van der Waals surface area contributed by atoms with Crippen LogP contribution >= 0.6 is 0 Å². The Morgan fingerprint density at radius 2 is 1.75 bits per heavy atom. The van der Waals surface area contributed by atoms with Crippen LogP contribution in [0.3, 0.4) is 0 Å². The number of carbonyl (C=O) groups excluding carboxylic acids is 1. The first-order chi connectivity index (χ1) is 13.4. The van der Waals surface area contributed by atoms with E-state index in [4.69, 9.17) is 4.74 Å². The lowest BCUT2D eigenvalue weighted by atomic mass is 9.86. The molecule has 1 N–H and O–H groups in total. The van der Waals surface area contributed by atoms with Crippen LogP contribution in [0.5, 0.6) is 5.75 Å². The third-order valence-electron chi connectivity index (χ3n) is 5.20. The van der Waals surface area contributed by atoms with Crippen LogP contribution in [-0.4, -0.2) is 12.5 Å². The van der Waals surface area contributed by atoms with Gasteiger partial charge in [-0.15, -0.1) is 0 Å². The Labute approximate surface area is 167 Å². The van der Waals surface area contributed by atoms with Gasteiger partial charge in [0.15, 0.2) is 0 Å². The molecule has 0 atom stereocenters. The summed E-state index contributed by atoms with van der Waals surface area (Å²) in [4.78, 5) is 12.9. The summed E-state index contributed by atoms with van der Waals surface area (Å²) in [6, 6.07) is 20.3. The molecule has 3 aromatic rings. The number of carbonyl (C=O) groups is 1. The Balaban J connectivity index is 1.57. The van der Waals surface area contributed by atoms with Gasteiger partial charge in [0.25, 0.3) is 0 Å². The molecule has 0 bridgehead atoms. The summed E-state index contributed by atoms with van der Waals surface area (Å²) >= 11 is 0. The highest BCUT2D eigenvalue weighted by Crippen LogP contribution is 2.28. The summed E-state index contributed by atoms with van der Waals surface area (Å²) in [6.45, 7) is 8.70. The van der Waals surface area contributed by atoms with Crippen molar-refractivity contribution in [2.45, 2.75) is 40.5 Å². The first-order valence-corrected chi connectivity index (χ1v) is 9.86. The minimum Gasteiger partial charge on any atom is -0.493 e. The van der Waals surface area contributed by atoms with Gasteiger partial charge >= 0.3 is 0 Å². The summed E-state index contributed by atoms with van der Waals surface area (Å²) in [5.74, 6) is 0.966. The molecule has 0 aliphatic heterocycles. The maximum atomic E-state index is 12.9. The second-order valence-corrected chi connectivity index (χ2v) is 8.09. The lowest BCUT2D eigenvalue weighted by molar-refractivity contribution is -0.124. The van der Waals surface area contributed by atoms with Gasteiger partial charge in [-0.25, -0.2) is 0 Å². The Hall–Kier alpha value is -2.81. The first kappa shape index (κ1) is 19.9. The molecular weight excluding hydrogens is 346 g/mol. The predicted molar refractivity (Wildman–Crippen MR) is 117 cm³/mol. The monoisotopic (exact) mass is 375 g/mol. The van der Waals surface area contributed by atoms with Crippen LogP contribution in [0, 0.1) is 19.3 Å². The molecule has 0 saturated heterocycles. The second kappa shape index (κ2) is 8.47. The number of hydrogen-bond donors (Lipinski definition) is 1. The molecule has 1 amide bonds. The number of amides is 1. The molecule has 0 aromatic heterocycles. The van der Waals surface area contributed by atoms with Crippen LogP contribution in [0.4, 0.5) is 5.69 Å². The zero-order valence-electron chi connectivity index (χ0n) is 17.2. The summed E-state index contributed by atoms with van der Waals surface area (Å²) < 4.78 is 5.94. The molecule has 146 valence electrons. The SMILES string of the molecule is Cc1ccc(C)c(OCCCC(C)(C)C(=O)Nc2cccc3ccccc23)c1. The molecule has 3 aromatic carbocycles. The zero-order chi connectivity index (χ0) is 20.1. The zero-order valence-corrected chi connectivity index (χ0v) is 17.2. The number of rotatable bonds is 7. The number of anilines is 1. The van der Waals surface area contributed by atoms with E-state index < -0.39 is 5.41 Å².